The smallest absolute Gasteiger partial charge is 0.409 e. The van der Waals surface area contributed by atoms with E-state index in [0.29, 0.717) is 25.9 Å². The van der Waals surface area contributed by atoms with Crippen molar-refractivity contribution >= 4 is 23.6 Å². The van der Waals surface area contributed by atoms with Crippen LogP contribution in [0.1, 0.15) is 26.7 Å². The number of carbonyl (C=O) groups excluding carboxylic acids is 3. The summed E-state index contributed by atoms with van der Waals surface area (Å²) in [6.07, 6.45) is 0.567. The Kier molecular flexibility index (Phi) is 7.09. The van der Waals surface area contributed by atoms with Crippen LogP contribution in [0.25, 0.3) is 0 Å². The van der Waals surface area contributed by atoms with E-state index in [2.05, 4.69) is 5.32 Å². The minimum atomic E-state index is -0.888. The number of hydrogen-bond donors (Lipinski definition) is 1. The normalized spacial score (nSPS) is 14.6. The summed E-state index contributed by atoms with van der Waals surface area (Å²) in [5.74, 6) is -2.79. The van der Waals surface area contributed by atoms with Crippen molar-refractivity contribution in [2.75, 3.05) is 31.6 Å². The molecule has 27 heavy (non-hydrogen) atoms. The molecule has 0 aliphatic carbocycles. The Hall–Kier alpha value is -2.71. The number of rotatable bonds is 5. The van der Waals surface area contributed by atoms with Gasteiger partial charge < -0.3 is 19.9 Å². The number of nitrogens with zero attached hydrogens (tertiary/aromatic N) is 2. The molecule has 148 valence electrons. The summed E-state index contributed by atoms with van der Waals surface area (Å²) in [6.45, 7) is 3.81. The fourth-order valence-corrected chi connectivity index (χ4v) is 3.02. The van der Waals surface area contributed by atoms with Crippen LogP contribution >= 0.6 is 0 Å². The second-order valence-electron chi connectivity index (χ2n) is 6.21. The molecule has 0 atom stereocenters. The molecule has 0 saturated carbocycles. The van der Waals surface area contributed by atoms with Gasteiger partial charge in [0.2, 0.25) is 11.8 Å². The highest BCUT2D eigenvalue weighted by atomic mass is 19.1. The van der Waals surface area contributed by atoms with Crippen LogP contribution in [0.4, 0.5) is 19.3 Å². The van der Waals surface area contributed by atoms with Gasteiger partial charge in [-0.3, -0.25) is 9.59 Å². The van der Waals surface area contributed by atoms with E-state index in [1.807, 2.05) is 0 Å². The van der Waals surface area contributed by atoms with E-state index in [0.717, 1.165) is 12.1 Å². The molecular weight excluding hydrogens is 360 g/mol. The lowest BCUT2D eigenvalue weighted by Crippen LogP contribution is -2.50. The van der Waals surface area contributed by atoms with Crippen LogP contribution < -0.4 is 5.32 Å². The number of anilines is 1. The number of halogens is 2. The van der Waals surface area contributed by atoms with Crippen molar-refractivity contribution < 1.29 is 27.9 Å². The topological polar surface area (TPSA) is 79.0 Å². The first-order valence-corrected chi connectivity index (χ1v) is 8.76. The molecule has 1 heterocycles. The minimum Gasteiger partial charge on any atom is -0.450 e. The number of carbonyl (C=O) groups is 3. The monoisotopic (exact) mass is 383 g/mol. The van der Waals surface area contributed by atoms with Gasteiger partial charge in [-0.15, -0.1) is 0 Å². The lowest BCUT2D eigenvalue weighted by molar-refractivity contribution is -0.136. The van der Waals surface area contributed by atoms with E-state index in [1.165, 1.54) is 17.9 Å². The van der Waals surface area contributed by atoms with Gasteiger partial charge in [0.25, 0.3) is 0 Å². The molecule has 0 spiro atoms. The zero-order valence-electron chi connectivity index (χ0n) is 15.3. The van der Waals surface area contributed by atoms with Crippen LogP contribution in [-0.2, 0) is 14.3 Å². The zero-order chi connectivity index (χ0) is 20.0. The van der Waals surface area contributed by atoms with Crippen LogP contribution in [0.15, 0.2) is 18.2 Å². The van der Waals surface area contributed by atoms with E-state index in [9.17, 15) is 23.2 Å². The van der Waals surface area contributed by atoms with Crippen molar-refractivity contribution in [3.05, 3.63) is 29.8 Å². The fraction of sp³-hybridized carbons (Fsp3) is 0.500. The number of para-hydroxylation sites is 1. The number of piperidine rings is 1. The van der Waals surface area contributed by atoms with E-state index in [-0.39, 0.29) is 25.1 Å². The quantitative estimate of drug-likeness (QED) is 0.847. The molecule has 3 amide bonds. The van der Waals surface area contributed by atoms with E-state index >= 15 is 0 Å². The third kappa shape index (κ3) is 5.38. The van der Waals surface area contributed by atoms with Crippen molar-refractivity contribution in [2.45, 2.75) is 32.7 Å². The Morgan fingerprint density at radius 3 is 2.33 bits per heavy atom. The van der Waals surface area contributed by atoms with Crippen LogP contribution in [0.2, 0.25) is 0 Å². The molecular formula is C18H23F2N3O4. The SMILES string of the molecule is CCOC(=O)N1CCC(N(CC(=O)Nc2c(F)cccc2F)C(C)=O)CC1. The molecule has 2 rings (SSSR count). The van der Waals surface area contributed by atoms with E-state index in [1.54, 1.807) is 11.8 Å². The van der Waals surface area contributed by atoms with Gasteiger partial charge in [0, 0.05) is 26.1 Å². The Morgan fingerprint density at radius 2 is 1.81 bits per heavy atom. The molecule has 1 N–H and O–H groups in total. The highest BCUT2D eigenvalue weighted by Gasteiger charge is 2.30. The molecule has 0 radical (unpaired) electrons. The van der Waals surface area contributed by atoms with Gasteiger partial charge >= 0.3 is 6.09 Å². The molecule has 1 aliphatic heterocycles. The Morgan fingerprint density at radius 1 is 1.22 bits per heavy atom. The first kappa shape index (κ1) is 20.6. The standard InChI is InChI=1S/C18H23F2N3O4/c1-3-27-18(26)22-9-7-13(8-10-22)23(12(2)24)11-16(25)21-17-14(19)5-4-6-15(17)20/h4-6,13H,3,7-11H2,1-2H3,(H,21,25). The third-order valence-electron chi connectivity index (χ3n) is 4.38. The molecule has 0 unspecified atom stereocenters. The van der Waals surface area contributed by atoms with Crippen LogP contribution in [-0.4, -0.2) is 60.0 Å². The molecule has 0 bridgehead atoms. The van der Waals surface area contributed by atoms with Gasteiger partial charge in [0.05, 0.1) is 6.61 Å². The van der Waals surface area contributed by atoms with Crippen LogP contribution in [0.3, 0.4) is 0 Å². The number of ether oxygens (including phenoxy) is 1. The number of hydrogen-bond acceptors (Lipinski definition) is 4. The predicted molar refractivity (Wildman–Crippen MR) is 94.0 cm³/mol. The molecule has 7 nitrogen and oxygen atoms in total. The summed E-state index contributed by atoms with van der Waals surface area (Å²) in [7, 11) is 0. The maximum absolute atomic E-state index is 13.7. The van der Waals surface area contributed by atoms with Gasteiger partial charge in [-0.1, -0.05) is 6.07 Å². The van der Waals surface area contributed by atoms with Gasteiger partial charge in [-0.25, -0.2) is 13.6 Å². The van der Waals surface area contributed by atoms with Crippen molar-refractivity contribution in [3.63, 3.8) is 0 Å². The summed E-state index contributed by atoms with van der Waals surface area (Å²) in [4.78, 5) is 38.8. The highest BCUT2D eigenvalue weighted by Crippen LogP contribution is 2.20. The summed E-state index contributed by atoms with van der Waals surface area (Å²) in [6, 6.07) is 3.02. The van der Waals surface area contributed by atoms with Crippen molar-refractivity contribution in [1.29, 1.82) is 0 Å². The van der Waals surface area contributed by atoms with Gasteiger partial charge in [-0.05, 0) is 31.9 Å². The number of likely N-dealkylation sites (tertiary alicyclic amines) is 1. The number of amides is 3. The Labute approximate surface area is 156 Å². The summed E-state index contributed by atoms with van der Waals surface area (Å²) in [5.41, 5.74) is -0.539. The zero-order valence-corrected chi connectivity index (χ0v) is 15.3. The maximum atomic E-state index is 13.7. The molecule has 1 fully saturated rings. The van der Waals surface area contributed by atoms with Crippen molar-refractivity contribution in [1.82, 2.24) is 9.80 Å². The number of nitrogens with one attached hydrogen (secondary N) is 1. The minimum absolute atomic E-state index is 0.246. The average Bonchev–Trinajstić information content (AvgIpc) is 2.63. The lowest BCUT2D eigenvalue weighted by Gasteiger charge is -2.37. The molecule has 0 aromatic heterocycles. The second-order valence-corrected chi connectivity index (χ2v) is 6.21. The van der Waals surface area contributed by atoms with Gasteiger partial charge in [0.15, 0.2) is 0 Å². The Balaban J connectivity index is 1.97. The largest absolute Gasteiger partial charge is 0.450 e. The summed E-state index contributed by atoms with van der Waals surface area (Å²) in [5, 5.41) is 2.18. The average molecular weight is 383 g/mol. The van der Waals surface area contributed by atoms with Crippen LogP contribution in [0.5, 0.6) is 0 Å². The van der Waals surface area contributed by atoms with E-state index in [4.69, 9.17) is 4.74 Å². The first-order valence-electron chi connectivity index (χ1n) is 8.76. The van der Waals surface area contributed by atoms with Gasteiger partial charge in [-0.2, -0.15) is 0 Å². The fourth-order valence-electron chi connectivity index (χ4n) is 3.02. The highest BCUT2D eigenvalue weighted by molar-refractivity contribution is 5.94. The van der Waals surface area contributed by atoms with Crippen molar-refractivity contribution in [3.8, 4) is 0 Å². The lowest BCUT2D eigenvalue weighted by atomic mass is 10.0. The molecule has 1 aliphatic rings. The van der Waals surface area contributed by atoms with Crippen molar-refractivity contribution in [2.24, 2.45) is 0 Å². The maximum Gasteiger partial charge on any atom is 0.409 e. The summed E-state index contributed by atoms with van der Waals surface area (Å²) < 4.78 is 32.3. The van der Waals surface area contributed by atoms with E-state index < -0.39 is 29.3 Å². The third-order valence-corrected chi connectivity index (χ3v) is 4.38. The Bertz CT molecular complexity index is 686. The predicted octanol–water partition coefficient (Wildman–Crippen LogP) is 2.37. The summed E-state index contributed by atoms with van der Waals surface area (Å²) >= 11 is 0. The molecule has 1 aromatic carbocycles. The first-order chi connectivity index (χ1) is 12.8. The number of benzene rings is 1. The molecule has 1 aromatic rings. The van der Waals surface area contributed by atoms with Crippen LogP contribution in [0, 0.1) is 11.6 Å². The molecule has 9 heteroatoms. The second kappa shape index (κ2) is 9.29. The van der Waals surface area contributed by atoms with Gasteiger partial charge in [0.1, 0.15) is 23.9 Å². The molecule has 1 saturated heterocycles.